The first-order valence-corrected chi connectivity index (χ1v) is 13.2. The highest BCUT2D eigenvalue weighted by Crippen LogP contribution is 2.30. The number of carbonyl (C=O) groups excluding carboxylic acids is 1. The van der Waals surface area contributed by atoms with E-state index in [-0.39, 0.29) is 11.9 Å². The van der Waals surface area contributed by atoms with Crippen molar-refractivity contribution in [1.82, 2.24) is 31.1 Å². The number of H-pyrrole nitrogens is 1. The molecule has 3 aliphatic rings. The van der Waals surface area contributed by atoms with Crippen LogP contribution in [0.15, 0.2) is 24.4 Å². The summed E-state index contributed by atoms with van der Waals surface area (Å²) >= 11 is 0. The molecule has 3 saturated heterocycles. The van der Waals surface area contributed by atoms with Crippen molar-refractivity contribution >= 4 is 23.5 Å². The van der Waals surface area contributed by atoms with Gasteiger partial charge in [-0.1, -0.05) is 0 Å². The van der Waals surface area contributed by atoms with E-state index < -0.39 is 12.1 Å². The SMILES string of the molecule is O=C(NC1CCNCC1)c1ccc(N2CCCC(c3cc(N4CCNCC4)n[nH]3)C2)nc1.O=C(O)C(F)(F)F. The Hall–Kier alpha value is -3.39. The maximum Gasteiger partial charge on any atom is 0.490 e. The summed E-state index contributed by atoms with van der Waals surface area (Å²) in [4.78, 5) is 30.8. The monoisotopic (exact) mass is 552 g/mol. The lowest BCUT2D eigenvalue weighted by molar-refractivity contribution is -0.192. The first-order valence-electron chi connectivity index (χ1n) is 13.2. The van der Waals surface area contributed by atoms with Crippen molar-refractivity contribution in [3.8, 4) is 0 Å². The highest BCUT2D eigenvalue weighted by atomic mass is 19.4. The zero-order chi connectivity index (χ0) is 27.8. The molecule has 14 heteroatoms. The van der Waals surface area contributed by atoms with Crippen LogP contribution in [0.25, 0.3) is 0 Å². The molecule has 1 amide bonds. The minimum Gasteiger partial charge on any atom is -0.475 e. The van der Waals surface area contributed by atoms with Gasteiger partial charge < -0.3 is 30.9 Å². The van der Waals surface area contributed by atoms with Crippen LogP contribution in [-0.2, 0) is 4.79 Å². The number of pyridine rings is 1. The molecule has 1 atom stereocenters. The predicted molar refractivity (Wildman–Crippen MR) is 139 cm³/mol. The summed E-state index contributed by atoms with van der Waals surface area (Å²) in [5.41, 5.74) is 1.84. The van der Waals surface area contributed by atoms with Crippen molar-refractivity contribution in [2.24, 2.45) is 0 Å². The second-order valence-corrected chi connectivity index (χ2v) is 9.91. The van der Waals surface area contributed by atoms with Gasteiger partial charge in [0.2, 0.25) is 0 Å². The molecule has 0 radical (unpaired) electrons. The number of nitrogens with zero attached hydrogens (tertiary/aromatic N) is 4. The standard InChI is InChI=1S/C23H34N8O.C2HF3O2/c32-23(27-19-5-7-24-8-6-19)17-3-4-21(26-15-17)31-11-1-2-18(16-31)20-14-22(29-28-20)30-12-9-25-10-13-30;3-2(4,5)1(6)7/h3-4,14-15,18-19,24-25H,1-2,5-13,16H2,(H,27,32)(H,28,29);(H,6,7). The number of hydrogen-bond donors (Lipinski definition) is 5. The molecule has 0 spiro atoms. The molecule has 2 aromatic rings. The first-order chi connectivity index (χ1) is 18.7. The molecule has 5 N–H and O–H groups in total. The minimum atomic E-state index is -5.08. The van der Waals surface area contributed by atoms with Crippen LogP contribution in [0.5, 0.6) is 0 Å². The van der Waals surface area contributed by atoms with E-state index in [9.17, 15) is 18.0 Å². The quantitative estimate of drug-likeness (QED) is 0.375. The number of hydrogen-bond acceptors (Lipinski definition) is 8. The summed E-state index contributed by atoms with van der Waals surface area (Å²) in [6.07, 6.45) is 0.865. The minimum absolute atomic E-state index is 0.0228. The van der Waals surface area contributed by atoms with E-state index in [4.69, 9.17) is 9.90 Å². The predicted octanol–water partition coefficient (Wildman–Crippen LogP) is 1.71. The Morgan fingerprint density at radius 2 is 1.67 bits per heavy atom. The summed E-state index contributed by atoms with van der Waals surface area (Å²) < 4.78 is 31.7. The molecule has 2 aromatic heterocycles. The smallest absolute Gasteiger partial charge is 0.475 e. The fraction of sp³-hybridized carbons (Fsp3) is 0.600. The summed E-state index contributed by atoms with van der Waals surface area (Å²) in [7, 11) is 0. The molecule has 11 nitrogen and oxygen atoms in total. The number of piperidine rings is 2. The molecule has 0 bridgehead atoms. The van der Waals surface area contributed by atoms with Gasteiger partial charge in [0.05, 0.1) is 5.56 Å². The zero-order valence-corrected chi connectivity index (χ0v) is 21.6. The highest BCUT2D eigenvalue weighted by molar-refractivity contribution is 5.94. The van der Waals surface area contributed by atoms with Gasteiger partial charge in [-0.25, -0.2) is 9.78 Å². The molecule has 1 unspecified atom stereocenters. The number of anilines is 2. The van der Waals surface area contributed by atoms with Gasteiger partial charge in [0.1, 0.15) is 5.82 Å². The Kier molecular flexibility index (Phi) is 9.62. The lowest BCUT2D eigenvalue weighted by Crippen LogP contribution is -2.43. The van der Waals surface area contributed by atoms with E-state index >= 15 is 0 Å². The Balaban J connectivity index is 0.000000448. The number of nitrogens with one attached hydrogen (secondary N) is 4. The summed E-state index contributed by atoms with van der Waals surface area (Å²) in [6, 6.07) is 6.37. The summed E-state index contributed by atoms with van der Waals surface area (Å²) in [6.45, 7) is 7.86. The van der Waals surface area contributed by atoms with Crippen LogP contribution in [0.2, 0.25) is 0 Å². The topological polar surface area (TPSA) is 139 Å². The van der Waals surface area contributed by atoms with Gasteiger partial charge in [0.15, 0.2) is 5.82 Å². The van der Waals surface area contributed by atoms with Gasteiger partial charge in [-0.3, -0.25) is 9.89 Å². The molecule has 214 valence electrons. The molecule has 0 aromatic carbocycles. The number of carbonyl (C=O) groups is 2. The maximum absolute atomic E-state index is 12.6. The molecular formula is C25H35F3N8O3. The average Bonchev–Trinajstić information content (AvgIpc) is 3.45. The lowest BCUT2D eigenvalue weighted by Gasteiger charge is -2.33. The third-order valence-electron chi connectivity index (χ3n) is 7.14. The average molecular weight is 553 g/mol. The number of amides is 1. The third kappa shape index (κ3) is 8.05. The van der Waals surface area contributed by atoms with E-state index in [0.29, 0.717) is 11.5 Å². The molecular weight excluding hydrogens is 517 g/mol. The summed E-state index contributed by atoms with van der Waals surface area (Å²) in [5, 5.41) is 24.9. The van der Waals surface area contributed by atoms with Gasteiger partial charge in [0, 0.05) is 69.2 Å². The highest BCUT2D eigenvalue weighted by Gasteiger charge is 2.38. The van der Waals surface area contributed by atoms with Crippen LogP contribution >= 0.6 is 0 Å². The number of halogens is 3. The number of aliphatic carboxylic acids is 1. The number of carboxylic acid groups (broad SMARTS) is 1. The van der Waals surface area contributed by atoms with Crippen molar-refractivity contribution in [2.75, 3.05) is 62.2 Å². The Bertz CT molecular complexity index is 1080. The molecule has 3 fully saturated rings. The van der Waals surface area contributed by atoms with Crippen molar-refractivity contribution in [2.45, 2.75) is 43.8 Å². The second-order valence-electron chi connectivity index (χ2n) is 9.91. The van der Waals surface area contributed by atoms with Crippen LogP contribution in [-0.4, -0.2) is 96.7 Å². The van der Waals surface area contributed by atoms with E-state index in [2.05, 4.69) is 47.0 Å². The Morgan fingerprint density at radius 3 is 2.31 bits per heavy atom. The van der Waals surface area contributed by atoms with Crippen molar-refractivity contribution in [3.63, 3.8) is 0 Å². The van der Waals surface area contributed by atoms with Gasteiger partial charge in [-0.2, -0.15) is 18.3 Å². The van der Waals surface area contributed by atoms with Gasteiger partial charge in [-0.15, -0.1) is 0 Å². The van der Waals surface area contributed by atoms with E-state index in [1.807, 2.05) is 12.1 Å². The molecule has 5 heterocycles. The van der Waals surface area contributed by atoms with Gasteiger partial charge in [-0.05, 0) is 50.9 Å². The number of piperazine rings is 1. The van der Waals surface area contributed by atoms with Gasteiger partial charge >= 0.3 is 12.1 Å². The number of alkyl halides is 3. The fourth-order valence-electron chi connectivity index (χ4n) is 4.97. The largest absolute Gasteiger partial charge is 0.490 e. The Labute approximate surface area is 224 Å². The van der Waals surface area contributed by atoms with E-state index in [1.165, 1.54) is 5.69 Å². The molecule has 0 aliphatic carbocycles. The van der Waals surface area contributed by atoms with Gasteiger partial charge in [0.25, 0.3) is 5.91 Å². The number of carboxylic acids is 1. The van der Waals surface area contributed by atoms with Crippen LogP contribution in [0.3, 0.4) is 0 Å². The summed E-state index contributed by atoms with van der Waals surface area (Å²) in [5.74, 6) is -0.369. The third-order valence-corrected chi connectivity index (χ3v) is 7.14. The van der Waals surface area contributed by atoms with E-state index in [1.54, 1.807) is 6.20 Å². The second kappa shape index (κ2) is 13.1. The number of aromatic amines is 1. The number of rotatable bonds is 5. The lowest BCUT2D eigenvalue weighted by atomic mass is 9.95. The van der Waals surface area contributed by atoms with Crippen LogP contribution in [0.1, 0.15) is 47.7 Å². The van der Waals surface area contributed by atoms with Crippen LogP contribution < -0.4 is 25.8 Å². The zero-order valence-electron chi connectivity index (χ0n) is 21.6. The van der Waals surface area contributed by atoms with Crippen LogP contribution in [0, 0.1) is 0 Å². The van der Waals surface area contributed by atoms with Crippen molar-refractivity contribution in [3.05, 3.63) is 35.7 Å². The maximum atomic E-state index is 12.6. The fourth-order valence-corrected chi connectivity index (χ4v) is 4.97. The number of aromatic nitrogens is 3. The normalized spacial score (nSPS) is 20.6. The van der Waals surface area contributed by atoms with E-state index in [0.717, 1.165) is 89.7 Å². The molecule has 39 heavy (non-hydrogen) atoms. The molecule has 5 rings (SSSR count). The van der Waals surface area contributed by atoms with Crippen molar-refractivity contribution < 1.29 is 27.9 Å². The first kappa shape index (κ1) is 28.6. The van der Waals surface area contributed by atoms with Crippen molar-refractivity contribution in [1.29, 1.82) is 0 Å². The molecule has 3 aliphatic heterocycles. The molecule has 0 saturated carbocycles. The van der Waals surface area contributed by atoms with Crippen LogP contribution in [0.4, 0.5) is 24.8 Å². The Morgan fingerprint density at radius 1 is 0.974 bits per heavy atom.